The molecule has 0 aromatic rings. The van der Waals surface area contributed by atoms with Crippen molar-refractivity contribution in [1.29, 1.82) is 0 Å². The first-order valence-corrected chi connectivity index (χ1v) is 5.91. The topological polar surface area (TPSA) is 64.3 Å². The number of carbonyl (C=O) groups is 1. The molecule has 1 aliphatic carbocycles. The van der Waals surface area contributed by atoms with Crippen LogP contribution in [0.15, 0.2) is 0 Å². The predicted molar refractivity (Wildman–Crippen MR) is 64.1 cm³/mol. The van der Waals surface area contributed by atoms with Crippen LogP contribution in [0.4, 0.5) is 4.79 Å². The summed E-state index contributed by atoms with van der Waals surface area (Å²) in [6.07, 6.45) is 0.599. The number of hydrogen-bond acceptors (Lipinski definition) is 3. The Bertz CT molecular complexity index is 271. The molecule has 0 heterocycles. The molecule has 1 amide bonds. The zero-order chi connectivity index (χ0) is 12.6. The van der Waals surface area contributed by atoms with Gasteiger partial charge in [-0.3, -0.25) is 0 Å². The molecule has 2 unspecified atom stereocenters. The third kappa shape index (κ3) is 3.11. The van der Waals surface area contributed by atoms with Gasteiger partial charge in [-0.1, -0.05) is 13.8 Å². The van der Waals surface area contributed by atoms with Gasteiger partial charge in [-0.15, -0.1) is 0 Å². The summed E-state index contributed by atoms with van der Waals surface area (Å²) in [6.45, 7) is 10.4. The van der Waals surface area contributed by atoms with Gasteiger partial charge in [-0.2, -0.15) is 0 Å². The molecule has 1 rings (SSSR count). The number of nitrogens with two attached hydrogens (primary N) is 1. The summed E-state index contributed by atoms with van der Waals surface area (Å²) in [5.41, 5.74) is 5.06. The van der Waals surface area contributed by atoms with Crippen molar-refractivity contribution < 1.29 is 9.53 Å². The van der Waals surface area contributed by atoms with E-state index in [0.29, 0.717) is 18.4 Å². The lowest BCUT2D eigenvalue weighted by atomic mass is 10.0. The molecule has 0 aromatic heterocycles. The molecule has 0 saturated heterocycles. The van der Waals surface area contributed by atoms with E-state index in [2.05, 4.69) is 19.2 Å². The second-order valence-corrected chi connectivity index (χ2v) is 6.04. The quantitative estimate of drug-likeness (QED) is 0.775. The Morgan fingerprint density at radius 3 is 2.44 bits per heavy atom. The van der Waals surface area contributed by atoms with Crippen molar-refractivity contribution in [3.63, 3.8) is 0 Å². The number of rotatable bonds is 3. The van der Waals surface area contributed by atoms with Gasteiger partial charge in [0.1, 0.15) is 5.60 Å². The van der Waals surface area contributed by atoms with Crippen LogP contribution >= 0.6 is 0 Å². The summed E-state index contributed by atoms with van der Waals surface area (Å²) in [7, 11) is 0. The first-order valence-electron chi connectivity index (χ1n) is 5.91. The van der Waals surface area contributed by atoms with Crippen molar-refractivity contribution in [1.82, 2.24) is 5.32 Å². The highest BCUT2D eigenvalue weighted by Gasteiger charge is 2.55. The fourth-order valence-electron chi connectivity index (χ4n) is 2.14. The molecule has 0 aromatic carbocycles. The van der Waals surface area contributed by atoms with Gasteiger partial charge in [0.25, 0.3) is 0 Å². The number of alkyl carbamates (subject to hydrolysis) is 1. The van der Waals surface area contributed by atoms with Crippen LogP contribution in [0.2, 0.25) is 0 Å². The number of amides is 1. The Morgan fingerprint density at radius 2 is 2.12 bits per heavy atom. The van der Waals surface area contributed by atoms with E-state index in [1.165, 1.54) is 0 Å². The zero-order valence-electron chi connectivity index (χ0n) is 11.0. The van der Waals surface area contributed by atoms with Gasteiger partial charge < -0.3 is 15.8 Å². The molecule has 4 heteroatoms. The number of ether oxygens (including phenoxy) is 1. The molecule has 1 saturated carbocycles. The molecule has 0 aliphatic heterocycles. The van der Waals surface area contributed by atoms with Crippen LogP contribution in [0, 0.1) is 11.8 Å². The van der Waals surface area contributed by atoms with Crippen LogP contribution in [-0.2, 0) is 4.74 Å². The van der Waals surface area contributed by atoms with Crippen molar-refractivity contribution in [2.45, 2.75) is 52.2 Å². The van der Waals surface area contributed by atoms with E-state index in [9.17, 15) is 4.79 Å². The lowest BCUT2D eigenvalue weighted by Crippen LogP contribution is -2.46. The minimum absolute atomic E-state index is 0.226. The summed E-state index contributed by atoms with van der Waals surface area (Å²) in [5.74, 6) is 1.02. The molecule has 4 nitrogen and oxygen atoms in total. The average Bonchev–Trinajstić information content (AvgIpc) is 2.76. The van der Waals surface area contributed by atoms with Crippen molar-refractivity contribution in [3.8, 4) is 0 Å². The van der Waals surface area contributed by atoms with Gasteiger partial charge in [0.05, 0.1) is 5.54 Å². The van der Waals surface area contributed by atoms with Crippen LogP contribution in [0.1, 0.15) is 41.0 Å². The summed E-state index contributed by atoms with van der Waals surface area (Å²) >= 11 is 0. The van der Waals surface area contributed by atoms with E-state index in [1.807, 2.05) is 20.8 Å². The average molecular weight is 228 g/mol. The first-order chi connectivity index (χ1) is 7.20. The van der Waals surface area contributed by atoms with Crippen molar-refractivity contribution in [2.24, 2.45) is 17.6 Å². The summed E-state index contributed by atoms with van der Waals surface area (Å²) in [5, 5.41) is 2.92. The van der Waals surface area contributed by atoms with Gasteiger partial charge in [0.15, 0.2) is 0 Å². The van der Waals surface area contributed by atoms with Gasteiger partial charge in [-0.05, 0) is 39.0 Å². The van der Waals surface area contributed by atoms with Crippen molar-refractivity contribution >= 4 is 6.09 Å². The SMILES string of the molecule is CC(C)C1CC1(CN)NC(=O)OC(C)(C)C. The number of hydrogen-bond donors (Lipinski definition) is 2. The monoisotopic (exact) mass is 228 g/mol. The zero-order valence-corrected chi connectivity index (χ0v) is 11.0. The van der Waals surface area contributed by atoms with E-state index >= 15 is 0 Å². The molecule has 1 aliphatic rings. The molecule has 0 bridgehead atoms. The highest BCUT2D eigenvalue weighted by molar-refractivity contribution is 5.69. The lowest BCUT2D eigenvalue weighted by Gasteiger charge is -2.24. The van der Waals surface area contributed by atoms with Gasteiger partial charge in [-0.25, -0.2) is 4.79 Å². The van der Waals surface area contributed by atoms with Crippen LogP contribution in [0.5, 0.6) is 0 Å². The number of carbonyl (C=O) groups excluding carboxylic acids is 1. The molecule has 16 heavy (non-hydrogen) atoms. The van der Waals surface area contributed by atoms with E-state index in [-0.39, 0.29) is 11.6 Å². The van der Waals surface area contributed by atoms with E-state index in [0.717, 1.165) is 6.42 Å². The van der Waals surface area contributed by atoms with E-state index in [1.54, 1.807) is 0 Å². The second kappa shape index (κ2) is 4.24. The normalized spacial score (nSPS) is 29.1. The van der Waals surface area contributed by atoms with E-state index in [4.69, 9.17) is 10.5 Å². The van der Waals surface area contributed by atoms with Crippen molar-refractivity contribution in [2.75, 3.05) is 6.54 Å². The third-order valence-electron chi connectivity index (χ3n) is 3.05. The molecular weight excluding hydrogens is 204 g/mol. The van der Waals surface area contributed by atoms with Gasteiger partial charge in [0.2, 0.25) is 0 Å². The van der Waals surface area contributed by atoms with Crippen LogP contribution in [0.3, 0.4) is 0 Å². The Labute approximate surface area is 97.9 Å². The Hall–Kier alpha value is -0.770. The van der Waals surface area contributed by atoms with Crippen molar-refractivity contribution in [3.05, 3.63) is 0 Å². The Kier molecular flexibility index (Phi) is 3.53. The Balaban J connectivity index is 2.51. The van der Waals surface area contributed by atoms with E-state index < -0.39 is 5.60 Å². The maximum Gasteiger partial charge on any atom is 0.408 e. The van der Waals surface area contributed by atoms with Gasteiger partial charge in [0, 0.05) is 6.54 Å². The fraction of sp³-hybridized carbons (Fsp3) is 0.917. The maximum atomic E-state index is 11.7. The third-order valence-corrected chi connectivity index (χ3v) is 3.05. The molecule has 2 atom stereocenters. The molecule has 94 valence electrons. The fourth-order valence-corrected chi connectivity index (χ4v) is 2.14. The molecule has 0 radical (unpaired) electrons. The molecular formula is C12H24N2O2. The molecule has 1 fully saturated rings. The molecule has 0 spiro atoms. The summed E-state index contributed by atoms with van der Waals surface area (Å²) in [6, 6.07) is 0. The molecule has 3 N–H and O–H groups in total. The predicted octanol–water partition coefficient (Wildman–Crippen LogP) is 1.88. The lowest BCUT2D eigenvalue weighted by molar-refractivity contribution is 0.0491. The highest BCUT2D eigenvalue weighted by Crippen LogP contribution is 2.47. The standard InChI is InChI=1S/C12H24N2O2/c1-8(2)9-6-12(9,7-13)14-10(15)16-11(3,4)5/h8-9H,6-7,13H2,1-5H3,(H,14,15). The van der Waals surface area contributed by atoms with Crippen LogP contribution in [0.25, 0.3) is 0 Å². The van der Waals surface area contributed by atoms with Crippen LogP contribution in [-0.4, -0.2) is 23.8 Å². The minimum Gasteiger partial charge on any atom is -0.444 e. The number of nitrogens with one attached hydrogen (secondary N) is 1. The van der Waals surface area contributed by atoms with Gasteiger partial charge >= 0.3 is 6.09 Å². The van der Waals surface area contributed by atoms with Crippen LogP contribution < -0.4 is 11.1 Å². The summed E-state index contributed by atoms with van der Waals surface area (Å²) in [4.78, 5) is 11.7. The maximum absolute atomic E-state index is 11.7. The largest absolute Gasteiger partial charge is 0.444 e. The second-order valence-electron chi connectivity index (χ2n) is 6.04. The smallest absolute Gasteiger partial charge is 0.408 e. The highest BCUT2D eigenvalue weighted by atomic mass is 16.6. The Morgan fingerprint density at radius 1 is 1.56 bits per heavy atom. The summed E-state index contributed by atoms with van der Waals surface area (Å²) < 4.78 is 5.24. The first kappa shape index (κ1) is 13.3. The minimum atomic E-state index is -0.456.